The number of ether oxygens (including phenoxy) is 1. The lowest BCUT2D eigenvalue weighted by Crippen LogP contribution is -2.16. The largest absolute Gasteiger partial charge is 0.495 e. The lowest BCUT2D eigenvalue weighted by molar-refractivity contribution is 0.0696. The standard InChI is InChI=1S/C20H15BFNO5S/c1-28-17-11-13(20(24)25)7-10-16(17)23-29(26,27)18-4-2-3-15(19(18)22)12-5-8-14(21)9-6-12/h2-11,23H,1H3,(H,24,25). The van der Waals surface area contributed by atoms with Crippen molar-refractivity contribution in [2.75, 3.05) is 11.8 Å². The summed E-state index contributed by atoms with van der Waals surface area (Å²) in [4.78, 5) is 10.5. The number of methoxy groups -OCH3 is 1. The average molecular weight is 411 g/mol. The molecule has 29 heavy (non-hydrogen) atoms. The van der Waals surface area contributed by atoms with Crippen molar-refractivity contribution in [3.05, 3.63) is 72.0 Å². The second kappa shape index (κ2) is 7.96. The molecule has 0 aromatic heterocycles. The zero-order chi connectivity index (χ0) is 21.2. The Labute approximate surface area is 168 Å². The quantitative estimate of drug-likeness (QED) is 0.609. The third kappa shape index (κ3) is 4.24. The molecule has 0 fully saturated rings. The SMILES string of the molecule is [B]c1ccc(-c2cccc(S(=O)(=O)Nc3ccc(C(=O)O)cc3OC)c2F)cc1. The Morgan fingerprint density at radius 3 is 2.41 bits per heavy atom. The van der Waals surface area contributed by atoms with Crippen molar-refractivity contribution in [1.82, 2.24) is 0 Å². The zero-order valence-corrected chi connectivity index (χ0v) is 16.0. The lowest BCUT2D eigenvalue weighted by atomic mass is 9.93. The highest BCUT2D eigenvalue weighted by atomic mass is 32.2. The van der Waals surface area contributed by atoms with Gasteiger partial charge < -0.3 is 9.84 Å². The molecule has 0 saturated heterocycles. The Hall–Kier alpha value is -3.33. The number of benzene rings is 3. The van der Waals surface area contributed by atoms with Crippen LogP contribution in [-0.4, -0.2) is 34.4 Å². The lowest BCUT2D eigenvalue weighted by Gasteiger charge is -2.14. The first-order valence-corrected chi connectivity index (χ1v) is 9.80. The van der Waals surface area contributed by atoms with E-state index in [9.17, 15) is 13.2 Å². The molecular weight excluding hydrogens is 396 g/mol. The van der Waals surface area contributed by atoms with Crippen LogP contribution in [0.1, 0.15) is 10.4 Å². The van der Waals surface area contributed by atoms with E-state index in [1.165, 1.54) is 37.4 Å². The van der Waals surface area contributed by atoms with Gasteiger partial charge in [0.2, 0.25) is 0 Å². The van der Waals surface area contributed by atoms with Crippen LogP contribution in [0.2, 0.25) is 0 Å². The van der Waals surface area contributed by atoms with Crippen LogP contribution in [0.15, 0.2) is 65.6 Å². The highest BCUT2D eigenvalue weighted by Gasteiger charge is 2.23. The van der Waals surface area contributed by atoms with Gasteiger partial charge >= 0.3 is 5.97 Å². The maximum absolute atomic E-state index is 15.1. The van der Waals surface area contributed by atoms with Gasteiger partial charge in [0.25, 0.3) is 10.0 Å². The fourth-order valence-corrected chi connectivity index (χ4v) is 3.88. The van der Waals surface area contributed by atoms with Crippen molar-refractivity contribution >= 4 is 35.0 Å². The molecule has 0 spiro atoms. The minimum absolute atomic E-state index is 0.0106. The summed E-state index contributed by atoms with van der Waals surface area (Å²) in [7, 11) is 2.58. The Morgan fingerprint density at radius 1 is 1.10 bits per heavy atom. The van der Waals surface area contributed by atoms with E-state index in [-0.39, 0.29) is 22.6 Å². The van der Waals surface area contributed by atoms with Crippen LogP contribution in [-0.2, 0) is 10.0 Å². The summed E-state index contributed by atoms with van der Waals surface area (Å²) in [5.41, 5.74) is 0.964. The summed E-state index contributed by atoms with van der Waals surface area (Å²) < 4.78 is 48.0. The van der Waals surface area contributed by atoms with E-state index in [1.54, 1.807) is 24.3 Å². The van der Waals surface area contributed by atoms with Crippen LogP contribution in [0, 0.1) is 5.82 Å². The fourth-order valence-electron chi connectivity index (χ4n) is 2.71. The van der Waals surface area contributed by atoms with Gasteiger partial charge in [-0.2, -0.15) is 0 Å². The summed E-state index contributed by atoms with van der Waals surface area (Å²) >= 11 is 0. The number of aromatic carboxylic acids is 1. The second-order valence-electron chi connectivity index (χ2n) is 6.07. The van der Waals surface area contributed by atoms with E-state index in [0.29, 0.717) is 11.0 Å². The van der Waals surface area contributed by atoms with Crippen molar-refractivity contribution in [3.63, 3.8) is 0 Å². The molecule has 0 atom stereocenters. The van der Waals surface area contributed by atoms with Crippen LogP contribution >= 0.6 is 0 Å². The normalized spacial score (nSPS) is 11.1. The number of anilines is 1. The van der Waals surface area contributed by atoms with E-state index in [1.807, 2.05) is 0 Å². The number of hydrogen-bond acceptors (Lipinski definition) is 4. The highest BCUT2D eigenvalue weighted by Crippen LogP contribution is 2.31. The third-order valence-corrected chi connectivity index (χ3v) is 5.55. The van der Waals surface area contributed by atoms with Crippen molar-refractivity contribution in [1.29, 1.82) is 0 Å². The minimum Gasteiger partial charge on any atom is -0.495 e. The Morgan fingerprint density at radius 2 is 1.79 bits per heavy atom. The first kappa shape index (κ1) is 20.4. The molecule has 9 heteroatoms. The van der Waals surface area contributed by atoms with Crippen LogP contribution in [0.4, 0.5) is 10.1 Å². The van der Waals surface area contributed by atoms with Gasteiger partial charge in [-0.1, -0.05) is 41.9 Å². The van der Waals surface area contributed by atoms with E-state index >= 15 is 4.39 Å². The Balaban J connectivity index is 2.01. The first-order valence-electron chi connectivity index (χ1n) is 8.31. The predicted molar refractivity (Wildman–Crippen MR) is 108 cm³/mol. The molecule has 6 nitrogen and oxygen atoms in total. The maximum Gasteiger partial charge on any atom is 0.335 e. The Kier molecular flexibility index (Phi) is 5.60. The number of carboxylic acid groups (broad SMARTS) is 1. The number of halogens is 1. The van der Waals surface area contributed by atoms with E-state index < -0.39 is 26.7 Å². The number of nitrogens with one attached hydrogen (secondary N) is 1. The molecule has 3 rings (SSSR count). The molecule has 0 unspecified atom stereocenters. The average Bonchev–Trinajstić information content (AvgIpc) is 2.68. The molecule has 3 aromatic carbocycles. The predicted octanol–water partition coefficient (Wildman–Crippen LogP) is 2.79. The highest BCUT2D eigenvalue weighted by molar-refractivity contribution is 7.92. The molecule has 0 aliphatic heterocycles. The van der Waals surface area contributed by atoms with E-state index in [0.717, 1.165) is 6.07 Å². The van der Waals surface area contributed by atoms with Crippen molar-refractivity contribution in [2.45, 2.75) is 4.90 Å². The zero-order valence-electron chi connectivity index (χ0n) is 15.2. The van der Waals surface area contributed by atoms with E-state index in [4.69, 9.17) is 17.7 Å². The molecule has 0 aliphatic carbocycles. The van der Waals surface area contributed by atoms with Gasteiger partial charge in [-0.3, -0.25) is 4.72 Å². The number of hydrogen-bond donors (Lipinski definition) is 2. The van der Waals surface area contributed by atoms with Gasteiger partial charge in [0.1, 0.15) is 18.5 Å². The smallest absolute Gasteiger partial charge is 0.335 e. The monoisotopic (exact) mass is 411 g/mol. The van der Waals surface area contributed by atoms with E-state index in [2.05, 4.69) is 4.72 Å². The molecule has 3 aromatic rings. The molecular formula is C20H15BFNO5S. The molecule has 0 amide bonds. The maximum atomic E-state index is 15.1. The number of rotatable bonds is 6. The van der Waals surface area contributed by atoms with Gasteiger partial charge in [-0.25, -0.2) is 17.6 Å². The minimum atomic E-state index is -4.33. The van der Waals surface area contributed by atoms with Crippen molar-refractivity contribution in [3.8, 4) is 16.9 Å². The number of sulfonamides is 1. The van der Waals surface area contributed by atoms with Gasteiger partial charge in [-0.15, -0.1) is 0 Å². The Bertz CT molecular complexity index is 1180. The summed E-state index contributed by atoms with van der Waals surface area (Å²) in [5.74, 6) is -2.13. The van der Waals surface area contributed by atoms with Gasteiger partial charge in [0.05, 0.1) is 18.4 Å². The summed E-state index contributed by atoms with van der Waals surface area (Å²) in [5, 5.41) is 9.05. The molecule has 2 N–H and O–H groups in total. The van der Waals surface area contributed by atoms with Crippen LogP contribution < -0.4 is 14.9 Å². The summed E-state index contributed by atoms with van der Waals surface area (Å²) in [6, 6.07) is 14.0. The molecule has 0 bridgehead atoms. The van der Waals surface area contributed by atoms with Crippen molar-refractivity contribution < 1.29 is 27.4 Å². The van der Waals surface area contributed by atoms with Gasteiger partial charge in [0, 0.05) is 5.56 Å². The first-order chi connectivity index (χ1) is 13.7. The van der Waals surface area contributed by atoms with Crippen LogP contribution in [0.3, 0.4) is 0 Å². The molecule has 146 valence electrons. The molecule has 0 saturated carbocycles. The number of carboxylic acids is 1. The van der Waals surface area contributed by atoms with Gasteiger partial charge in [0.15, 0.2) is 5.82 Å². The van der Waals surface area contributed by atoms with Crippen LogP contribution in [0.5, 0.6) is 5.75 Å². The third-order valence-electron chi connectivity index (χ3n) is 4.17. The second-order valence-corrected chi connectivity index (χ2v) is 7.72. The summed E-state index contributed by atoms with van der Waals surface area (Å²) in [6.45, 7) is 0. The topological polar surface area (TPSA) is 92.7 Å². The van der Waals surface area contributed by atoms with Crippen LogP contribution in [0.25, 0.3) is 11.1 Å². The van der Waals surface area contributed by atoms with Crippen molar-refractivity contribution in [2.24, 2.45) is 0 Å². The van der Waals surface area contributed by atoms with Gasteiger partial charge in [-0.05, 0) is 29.8 Å². The fraction of sp³-hybridized carbons (Fsp3) is 0.0500. The molecule has 2 radical (unpaired) electrons. The number of carbonyl (C=O) groups is 1. The molecule has 0 aliphatic rings. The summed E-state index contributed by atoms with van der Waals surface area (Å²) in [6.07, 6.45) is 0. The molecule has 0 heterocycles.